The maximum atomic E-state index is 12.8. The number of aryl methyl sites for hydroxylation is 1. The number of carbonyl (C=O) groups excluding carboxylic acids is 3. The van der Waals surface area contributed by atoms with Gasteiger partial charge < -0.3 is 4.57 Å². The third-order valence-electron chi connectivity index (χ3n) is 5.66. The smallest absolute Gasteiger partial charge is 0.271 e. The minimum atomic E-state index is -4.05. The van der Waals surface area contributed by atoms with Gasteiger partial charge in [0.25, 0.3) is 27.7 Å². The van der Waals surface area contributed by atoms with Gasteiger partial charge in [-0.25, -0.2) is 12.7 Å². The maximum Gasteiger partial charge on any atom is 0.271 e. The topological polar surface area (TPSA) is 118 Å². The molecule has 0 spiro atoms. The summed E-state index contributed by atoms with van der Waals surface area (Å²) in [6.45, 7) is 6.88. The van der Waals surface area contributed by atoms with Gasteiger partial charge in [-0.2, -0.15) is 0 Å². The summed E-state index contributed by atoms with van der Waals surface area (Å²) in [5, 5.41) is 0. The van der Waals surface area contributed by atoms with E-state index in [-0.39, 0.29) is 16.0 Å². The summed E-state index contributed by atoms with van der Waals surface area (Å²) in [5.41, 5.74) is 7.55. The Labute approximate surface area is 197 Å². The van der Waals surface area contributed by atoms with Crippen LogP contribution in [0.15, 0.2) is 59.5 Å². The van der Waals surface area contributed by atoms with Crippen LogP contribution in [-0.2, 0) is 10.0 Å². The van der Waals surface area contributed by atoms with Crippen LogP contribution in [0.25, 0.3) is 5.69 Å². The Morgan fingerprint density at radius 3 is 2.21 bits per heavy atom. The fourth-order valence-electron chi connectivity index (χ4n) is 4.12. The zero-order chi connectivity index (χ0) is 24.8. The molecule has 0 atom stereocenters. The molecule has 2 aromatic carbocycles. The zero-order valence-corrected chi connectivity index (χ0v) is 19.9. The Balaban J connectivity index is 1.53. The number of hydrogen-bond acceptors (Lipinski definition) is 5. The first-order chi connectivity index (χ1) is 16.0. The van der Waals surface area contributed by atoms with Crippen LogP contribution in [0.2, 0.25) is 0 Å². The van der Waals surface area contributed by atoms with E-state index in [1.165, 1.54) is 12.1 Å². The first-order valence-corrected chi connectivity index (χ1v) is 12.1. The molecule has 3 aromatic rings. The number of sulfonamides is 1. The zero-order valence-electron chi connectivity index (χ0n) is 19.1. The summed E-state index contributed by atoms with van der Waals surface area (Å²) >= 11 is 0. The van der Waals surface area contributed by atoms with Crippen molar-refractivity contribution in [2.75, 3.05) is 0 Å². The molecule has 0 fully saturated rings. The van der Waals surface area contributed by atoms with E-state index < -0.39 is 33.8 Å². The highest BCUT2D eigenvalue weighted by molar-refractivity contribution is 7.90. The van der Waals surface area contributed by atoms with Gasteiger partial charge in [0.05, 0.1) is 11.1 Å². The number of fused-ring (bicyclic) bond motifs is 1. The summed E-state index contributed by atoms with van der Waals surface area (Å²) in [6, 6.07) is 14.5. The number of carbonyl (C=O) groups is 3. The minimum Gasteiger partial charge on any atom is -0.318 e. The molecule has 1 aliphatic rings. The molecule has 1 aliphatic heterocycles. The van der Waals surface area contributed by atoms with Crippen molar-refractivity contribution in [3.8, 4) is 5.69 Å². The molecule has 9 nitrogen and oxygen atoms in total. The number of hydrazine groups is 1. The minimum absolute atomic E-state index is 0.00390. The lowest BCUT2D eigenvalue weighted by molar-refractivity contribution is 0.0843. The molecule has 34 heavy (non-hydrogen) atoms. The van der Waals surface area contributed by atoms with Crippen molar-refractivity contribution in [1.29, 1.82) is 0 Å². The predicted octanol–water partition coefficient (Wildman–Crippen LogP) is 2.72. The molecule has 0 unspecified atom stereocenters. The number of para-hydroxylation sites is 1. The van der Waals surface area contributed by atoms with Crippen molar-refractivity contribution in [3.63, 3.8) is 0 Å². The SMILES string of the molecule is Cc1cc(C(=O)NNC(=O)c2ccc3c(c2)S(=O)(=O)N(C(C)C)C3=O)c(C)n1-c1ccccc1. The van der Waals surface area contributed by atoms with Gasteiger partial charge in [-0.15, -0.1) is 0 Å². The van der Waals surface area contributed by atoms with Crippen LogP contribution in [0.1, 0.15) is 56.3 Å². The van der Waals surface area contributed by atoms with Crippen LogP contribution >= 0.6 is 0 Å². The number of rotatable bonds is 4. The van der Waals surface area contributed by atoms with Crippen molar-refractivity contribution < 1.29 is 22.8 Å². The molecule has 10 heteroatoms. The Morgan fingerprint density at radius 2 is 1.56 bits per heavy atom. The molecular formula is C24H24N4O5S. The molecule has 0 saturated carbocycles. The summed E-state index contributed by atoms with van der Waals surface area (Å²) in [5.74, 6) is -1.85. The third-order valence-corrected chi connectivity index (χ3v) is 7.66. The fraction of sp³-hybridized carbons (Fsp3) is 0.208. The highest BCUT2D eigenvalue weighted by Gasteiger charge is 2.43. The molecule has 0 bridgehead atoms. The van der Waals surface area contributed by atoms with Crippen molar-refractivity contribution in [2.24, 2.45) is 0 Å². The summed E-state index contributed by atoms with van der Waals surface area (Å²) in [7, 11) is -4.05. The molecule has 4 rings (SSSR count). The van der Waals surface area contributed by atoms with Gasteiger partial charge in [0, 0.05) is 28.7 Å². The molecule has 176 valence electrons. The van der Waals surface area contributed by atoms with E-state index in [4.69, 9.17) is 0 Å². The number of nitrogens with zero attached hydrogens (tertiary/aromatic N) is 2. The molecular weight excluding hydrogens is 456 g/mol. The van der Waals surface area contributed by atoms with E-state index in [2.05, 4.69) is 10.9 Å². The Bertz CT molecular complexity index is 1430. The summed E-state index contributed by atoms with van der Waals surface area (Å²) in [6.07, 6.45) is 0. The molecule has 3 amide bonds. The average molecular weight is 481 g/mol. The van der Waals surface area contributed by atoms with Crippen molar-refractivity contribution in [3.05, 3.63) is 82.7 Å². The van der Waals surface area contributed by atoms with Gasteiger partial charge in [0.1, 0.15) is 4.90 Å². The quantitative estimate of drug-likeness (QED) is 0.557. The second-order valence-corrected chi connectivity index (χ2v) is 10.1. The highest BCUT2D eigenvalue weighted by Crippen LogP contribution is 2.32. The number of hydrogen-bond donors (Lipinski definition) is 2. The lowest BCUT2D eigenvalue weighted by atomic mass is 10.1. The molecule has 2 N–H and O–H groups in total. The summed E-state index contributed by atoms with van der Waals surface area (Å²) in [4.78, 5) is 37.6. The lowest BCUT2D eigenvalue weighted by Crippen LogP contribution is -2.41. The normalized spacial score (nSPS) is 14.3. The molecule has 1 aromatic heterocycles. The molecule has 0 aliphatic carbocycles. The van der Waals surface area contributed by atoms with E-state index in [0.717, 1.165) is 21.8 Å². The predicted molar refractivity (Wildman–Crippen MR) is 125 cm³/mol. The van der Waals surface area contributed by atoms with Crippen LogP contribution in [0.4, 0.5) is 0 Å². The number of aromatic nitrogens is 1. The van der Waals surface area contributed by atoms with Gasteiger partial charge in [-0.1, -0.05) is 18.2 Å². The van der Waals surface area contributed by atoms with Crippen LogP contribution < -0.4 is 10.9 Å². The van der Waals surface area contributed by atoms with Crippen LogP contribution in [-0.4, -0.2) is 41.1 Å². The van der Waals surface area contributed by atoms with Crippen LogP contribution in [0.3, 0.4) is 0 Å². The fourth-order valence-corrected chi connectivity index (χ4v) is 5.91. The van der Waals surface area contributed by atoms with E-state index in [9.17, 15) is 22.8 Å². The number of amides is 3. The summed E-state index contributed by atoms with van der Waals surface area (Å²) < 4.78 is 28.2. The molecule has 0 saturated heterocycles. The van der Waals surface area contributed by atoms with Crippen molar-refractivity contribution >= 4 is 27.7 Å². The molecule has 2 heterocycles. The average Bonchev–Trinajstić information content (AvgIpc) is 3.21. The van der Waals surface area contributed by atoms with Gasteiger partial charge in [-0.3, -0.25) is 25.2 Å². The first-order valence-electron chi connectivity index (χ1n) is 10.6. The second-order valence-electron chi connectivity index (χ2n) is 8.27. The first kappa shape index (κ1) is 23.2. The maximum absolute atomic E-state index is 12.8. The van der Waals surface area contributed by atoms with Crippen molar-refractivity contribution in [1.82, 2.24) is 19.7 Å². The monoisotopic (exact) mass is 480 g/mol. The largest absolute Gasteiger partial charge is 0.318 e. The van der Waals surface area contributed by atoms with Crippen LogP contribution in [0.5, 0.6) is 0 Å². The van der Waals surface area contributed by atoms with Gasteiger partial charge in [-0.05, 0) is 64.1 Å². The third kappa shape index (κ3) is 3.75. The Morgan fingerprint density at radius 1 is 0.912 bits per heavy atom. The van der Waals surface area contributed by atoms with Crippen molar-refractivity contribution in [2.45, 2.75) is 38.6 Å². The number of benzene rings is 2. The molecule has 0 radical (unpaired) electrons. The second kappa shape index (κ2) is 8.45. The van der Waals surface area contributed by atoms with E-state index in [1.54, 1.807) is 26.8 Å². The van der Waals surface area contributed by atoms with E-state index in [0.29, 0.717) is 11.3 Å². The Hall–Kier alpha value is -3.92. The van der Waals surface area contributed by atoms with E-state index >= 15 is 0 Å². The number of nitrogens with one attached hydrogen (secondary N) is 2. The lowest BCUT2D eigenvalue weighted by Gasteiger charge is -2.18. The standard InChI is InChI=1S/C24H24N4O5S/c1-14(2)28-24(31)19-11-10-17(13-21(19)34(28,32)33)22(29)25-26-23(30)20-12-15(3)27(16(20)4)18-8-6-5-7-9-18/h5-14H,1-4H3,(H,25,29)(H,26,30). The van der Waals surface area contributed by atoms with E-state index in [1.807, 2.05) is 41.8 Å². The van der Waals surface area contributed by atoms with Crippen LogP contribution in [0, 0.1) is 13.8 Å². The van der Waals surface area contributed by atoms with Gasteiger partial charge in [0.2, 0.25) is 0 Å². The van der Waals surface area contributed by atoms with Gasteiger partial charge in [0.15, 0.2) is 0 Å². The van der Waals surface area contributed by atoms with Gasteiger partial charge >= 0.3 is 0 Å². The highest BCUT2D eigenvalue weighted by atomic mass is 32.2. The Kier molecular flexibility index (Phi) is 5.78.